The van der Waals surface area contributed by atoms with Crippen LogP contribution in [-0.2, 0) is 13.1 Å². The highest BCUT2D eigenvalue weighted by atomic mass is 19.1. The zero-order valence-corrected chi connectivity index (χ0v) is 20.9. The van der Waals surface area contributed by atoms with Gasteiger partial charge >= 0.3 is 0 Å². The summed E-state index contributed by atoms with van der Waals surface area (Å²) >= 11 is 0. The Morgan fingerprint density at radius 1 is 0.806 bits per heavy atom. The largest absolute Gasteiger partial charge is 0.496 e. The first-order valence-corrected chi connectivity index (χ1v) is 12.2. The normalized spacial score (nSPS) is 16.0. The van der Waals surface area contributed by atoms with Gasteiger partial charge < -0.3 is 9.64 Å². The van der Waals surface area contributed by atoms with Crippen LogP contribution in [0.25, 0.3) is 0 Å². The van der Waals surface area contributed by atoms with Gasteiger partial charge in [0.2, 0.25) is 0 Å². The molecule has 0 unspecified atom stereocenters. The molecule has 2 aliphatic heterocycles. The van der Waals surface area contributed by atoms with Crippen LogP contribution in [0.4, 0.5) is 10.1 Å². The number of carbonyl (C=O) groups is 2. The second-order valence-corrected chi connectivity index (χ2v) is 9.43. The maximum atomic E-state index is 14.2. The minimum absolute atomic E-state index is 0.0765. The average Bonchev–Trinajstić information content (AvgIpc) is 3.13. The summed E-state index contributed by atoms with van der Waals surface area (Å²) in [6.07, 6.45) is 0. The highest BCUT2D eigenvalue weighted by Gasteiger charge is 2.39. The van der Waals surface area contributed by atoms with Crippen LogP contribution < -0.4 is 9.64 Å². The summed E-state index contributed by atoms with van der Waals surface area (Å²) in [5.41, 5.74) is 5.61. The topological polar surface area (TPSA) is 53.1 Å². The van der Waals surface area contributed by atoms with Gasteiger partial charge in [0.05, 0.1) is 30.5 Å². The Kier molecular flexibility index (Phi) is 6.49. The molecule has 0 aromatic heterocycles. The Balaban J connectivity index is 1.30. The molecular formula is C29H30FN3O3. The van der Waals surface area contributed by atoms with E-state index in [0.29, 0.717) is 16.7 Å². The number of piperazine rings is 1. The molecule has 0 N–H and O–H groups in total. The van der Waals surface area contributed by atoms with E-state index in [9.17, 15) is 14.0 Å². The molecule has 36 heavy (non-hydrogen) atoms. The minimum Gasteiger partial charge on any atom is -0.496 e. The third-order valence-electron chi connectivity index (χ3n) is 7.44. The van der Waals surface area contributed by atoms with Gasteiger partial charge in [-0.25, -0.2) is 4.39 Å². The molecular weight excluding hydrogens is 457 g/mol. The number of methoxy groups -OCH3 is 1. The molecule has 2 amide bonds. The predicted molar refractivity (Wildman–Crippen MR) is 137 cm³/mol. The van der Waals surface area contributed by atoms with E-state index < -0.39 is 5.82 Å². The molecule has 1 saturated heterocycles. The summed E-state index contributed by atoms with van der Waals surface area (Å²) in [4.78, 5) is 32.2. The highest BCUT2D eigenvalue weighted by molar-refractivity contribution is 6.23. The summed E-state index contributed by atoms with van der Waals surface area (Å²) in [6, 6.07) is 15.8. The van der Waals surface area contributed by atoms with Gasteiger partial charge in [-0.05, 0) is 54.8 Å². The van der Waals surface area contributed by atoms with Crippen molar-refractivity contribution in [2.45, 2.75) is 26.9 Å². The van der Waals surface area contributed by atoms with E-state index in [2.05, 4.69) is 29.7 Å². The van der Waals surface area contributed by atoms with Gasteiger partial charge in [0, 0.05) is 38.3 Å². The number of hydrogen-bond acceptors (Lipinski definition) is 5. The fourth-order valence-electron chi connectivity index (χ4n) is 5.15. The van der Waals surface area contributed by atoms with Crippen LogP contribution in [-0.4, -0.2) is 54.9 Å². The fraction of sp³-hybridized carbons (Fsp3) is 0.310. The van der Waals surface area contributed by atoms with E-state index in [0.717, 1.165) is 54.6 Å². The highest BCUT2D eigenvalue weighted by Crippen LogP contribution is 2.34. The van der Waals surface area contributed by atoms with Crippen molar-refractivity contribution in [2.24, 2.45) is 0 Å². The Hall–Kier alpha value is -3.71. The van der Waals surface area contributed by atoms with Gasteiger partial charge in [0.1, 0.15) is 11.6 Å². The van der Waals surface area contributed by atoms with Gasteiger partial charge in [-0.2, -0.15) is 0 Å². The van der Waals surface area contributed by atoms with Crippen molar-refractivity contribution in [3.63, 3.8) is 0 Å². The third-order valence-corrected chi connectivity index (χ3v) is 7.44. The molecule has 0 bridgehead atoms. The lowest BCUT2D eigenvalue weighted by atomic mass is 10.0. The van der Waals surface area contributed by atoms with E-state index in [1.807, 2.05) is 18.2 Å². The van der Waals surface area contributed by atoms with Crippen molar-refractivity contribution in [3.05, 3.63) is 93.8 Å². The lowest BCUT2D eigenvalue weighted by molar-refractivity contribution is 0.0641. The number of imide groups is 1. The number of anilines is 1. The van der Waals surface area contributed by atoms with Crippen molar-refractivity contribution in [2.75, 3.05) is 38.2 Å². The Morgan fingerprint density at radius 2 is 1.56 bits per heavy atom. The predicted octanol–water partition coefficient (Wildman–Crippen LogP) is 4.57. The van der Waals surface area contributed by atoms with Crippen LogP contribution in [0.1, 0.15) is 43.0 Å². The molecule has 2 aliphatic rings. The van der Waals surface area contributed by atoms with E-state index in [1.165, 1.54) is 17.2 Å². The lowest BCUT2D eigenvalue weighted by Gasteiger charge is -2.37. The molecule has 0 atom stereocenters. The van der Waals surface area contributed by atoms with Crippen molar-refractivity contribution in [1.29, 1.82) is 0 Å². The molecule has 2 heterocycles. The van der Waals surface area contributed by atoms with Gasteiger partial charge in [-0.15, -0.1) is 0 Å². The van der Waals surface area contributed by atoms with Crippen LogP contribution in [0, 0.1) is 19.7 Å². The Morgan fingerprint density at radius 3 is 2.28 bits per heavy atom. The quantitative estimate of drug-likeness (QED) is 0.477. The van der Waals surface area contributed by atoms with Gasteiger partial charge in [0.15, 0.2) is 0 Å². The number of benzene rings is 3. The van der Waals surface area contributed by atoms with Crippen LogP contribution in [0.15, 0.2) is 54.6 Å². The van der Waals surface area contributed by atoms with Crippen LogP contribution >= 0.6 is 0 Å². The molecule has 0 radical (unpaired) electrons. The number of ether oxygens (including phenoxy) is 1. The summed E-state index contributed by atoms with van der Waals surface area (Å²) in [7, 11) is 1.69. The first-order chi connectivity index (χ1) is 17.4. The number of fused-ring (bicyclic) bond motifs is 1. The average molecular weight is 488 g/mol. The minimum atomic E-state index is -0.423. The van der Waals surface area contributed by atoms with E-state index in [4.69, 9.17) is 4.74 Å². The van der Waals surface area contributed by atoms with Crippen molar-refractivity contribution < 1.29 is 18.7 Å². The monoisotopic (exact) mass is 487 g/mol. The molecule has 7 heteroatoms. The smallest absolute Gasteiger partial charge is 0.263 e. The maximum absolute atomic E-state index is 14.2. The van der Waals surface area contributed by atoms with E-state index >= 15 is 0 Å². The molecule has 3 aromatic carbocycles. The number of halogens is 1. The van der Waals surface area contributed by atoms with Crippen LogP contribution in [0.2, 0.25) is 0 Å². The molecule has 1 fully saturated rings. The van der Waals surface area contributed by atoms with Crippen molar-refractivity contribution in [1.82, 2.24) is 9.80 Å². The molecule has 0 aliphatic carbocycles. The van der Waals surface area contributed by atoms with Gasteiger partial charge in [-0.3, -0.25) is 19.4 Å². The number of rotatable bonds is 6. The molecule has 6 nitrogen and oxygen atoms in total. The molecule has 0 saturated carbocycles. The molecule has 3 aromatic rings. The van der Waals surface area contributed by atoms with Gasteiger partial charge in [0.25, 0.3) is 11.8 Å². The SMILES string of the molecule is COc1ccc(CN2CCN(c3cccc4c3C(=O)N(Cc3ccccc3F)C4=O)CC2)c(C)c1C. The third kappa shape index (κ3) is 4.24. The van der Waals surface area contributed by atoms with E-state index in [1.54, 1.807) is 31.4 Å². The lowest BCUT2D eigenvalue weighted by Crippen LogP contribution is -2.46. The van der Waals surface area contributed by atoms with Crippen molar-refractivity contribution in [3.8, 4) is 5.75 Å². The summed E-state index contributed by atoms with van der Waals surface area (Å²) in [5.74, 6) is -0.250. The summed E-state index contributed by atoms with van der Waals surface area (Å²) in [5, 5.41) is 0. The van der Waals surface area contributed by atoms with Crippen molar-refractivity contribution >= 4 is 17.5 Å². The molecule has 5 rings (SSSR count). The van der Waals surface area contributed by atoms with Crippen LogP contribution in [0.3, 0.4) is 0 Å². The number of carbonyl (C=O) groups excluding carboxylic acids is 2. The van der Waals surface area contributed by atoms with Gasteiger partial charge in [-0.1, -0.05) is 30.3 Å². The fourth-order valence-corrected chi connectivity index (χ4v) is 5.15. The molecule has 186 valence electrons. The Labute approximate surface area is 210 Å². The summed E-state index contributed by atoms with van der Waals surface area (Å²) in [6.45, 7) is 8.17. The number of amides is 2. The zero-order valence-electron chi connectivity index (χ0n) is 20.9. The summed E-state index contributed by atoms with van der Waals surface area (Å²) < 4.78 is 19.6. The standard InChI is InChI=1S/C29H30FN3O3/c1-19-20(2)26(36-3)12-11-21(19)17-31-13-15-32(16-14-31)25-10-6-8-23-27(25)29(35)33(28(23)34)18-22-7-4-5-9-24(22)30/h4-12H,13-18H2,1-3H3. The zero-order chi connectivity index (χ0) is 25.4. The molecule has 0 spiro atoms. The van der Waals surface area contributed by atoms with E-state index in [-0.39, 0.29) is 18.4 Å². The van der Waals surface area contributed by atoms with Crippen LogP contribution in [0.5, 0.6) is 5.75 Å². The Bertz CT molecular complexity index is 1330. The second-order valence-electron chi connectivity index (χ2n) is 9.43. The number of nitrogens with zero attached hydrogens (tertiary/aromatic N) is 3. The first kappa shape index (κ1) is 24.0. The maximum Gasteiger partial charge on any atom is 0.263 e. The number of hydrogen-bond donors (Lipinski definition) is 0. The first-order valence-electron chi connectivity index (χ1n) is 12.2. The second kappa shape index (κ2) is 9.74.